The second-order valence-corrected chi connectivity index (χ2v) is 7.93. The van der Waals surface area contributed by atoms with Gasteiger partial charge in [-0.25, -0.2) is 9.78 Å². The number of nitrogens with zero attached hydrogens (tertiary/aromatic N) is 3. The van der Waals surface area contributed by atoms with Gasteiger partial charge in [-0.1, -0.05) is 0 Å². The fraction of sp³-hybridized carbons (Fsp3) is 0.389. The lowest BCUT2D eigenvalue weighted by atomic mass is 10.2. The van der Waals surface area contributed by atoms with Gasteiger partial charge in [0.1, 0.15) is 0 Å². The predicted octanol–water partition coefficient (Wildman–Crippen LogP) is 3.97. The first-order valence-corrected chi connectivity index (χ1v) is 10.7. The molecule has 0 unspecified atom stereocenters. The quantitative estimate of drug-likeness (QED) is 0.401. The first-order valence-electron chi connectivity index (χ1n) is 9.11. The van der Waals surface area contributed by atoms with Crippen LogP contribution in [0.1, 0.15) is 36.8 Å². The molecule has 0 aliphatic rings. The number of aromatic nitrogens is 3. The van der Waals surface area contributed by atoms with Gasteiger partial charge in [0, 0.05) is 0 Å². The molecular weight excluding hydrogens is 426 g/mol. The summed E-state index contributed by atoms with van der Waals surface area (Å²) in [7, 11) is -4.08. The van der Waals surface area contributed by atoms with Crippen LogP contribution in [-0.2, 0) is 24.5 Å². The first-order chi connectivity index (χ1) is 14.2. The Balaban J connectivity index is 2.41. The van der Waals surface area contributed by atoms with Gasteiger partial charge in [0.15, 0.2) is 16.8 Å². The second kappa shape index (κ2) is 8.33. The molecule has 2 heterocycles. The van der Waals surface area contributed by atoms with Crippen LogP contribution in [0.5, 0.6) is 0 Å². The normalized spacial score (nSPS) is 12.6. The molecule has 2 aromatic heterocycles. The van der Waals surface area contributed by atoms with Crippen molar-refractivity contribution in [3.8, 4) is 0 Å². The van der Waals surface area contributed by atoms with E-state index in [0.717, 1.165) is 12.1 Å². The molecule has 0 aliphatic heterocycles. The molecule has 30 heavy (non-hydrogen) atoms. The number of imidazole rings is 1. The van der Waals surface area contributed by atoms with Crippen LogP contribution in [0, 0.1) is 0 Å². The summed E-state index contributed by atoms with van der Waals surface area (Å²) in [6.45, 7) is 4.80. The number of carbonyl (C=O) groups excluding carboxylic acids is 1. The lowest BCUT2D eigenvalue weighted by Gasteiger charge is -2.18. The van der Waals surface area contributed by atoms with Gasteiger partial charge in [0.2, 0.25) is 0 Å². The molecule has 0 spiro atoms. The first kappa shape index (κ1) is 22.2. The van der Waals surface area contributed by atoms with E-state index in [1.807, 2.05) is 0 Å². The summed E-state index contributed by atoms with van der Waals surface area (Å²) in [4.78, 5) is 20.7. The molecular formula is C18H19F3N3O5P. The van der Waals surface area contributed by atoms with Crippen molar-refractivity contribution in [1.29, 1.82) is 0 Å². The predicted molar refractivity (Wildman–Crippen MR) is 102 cm³/mol. The number of hydrogen-bond acceptors (Lipinski definition) is 7. The van der Waals surface area contributed by atoms with Gasteiger partial charge in [-0.3, -0.25) is 13.9 Å². The smallest absolute Gasteiger partial charge is 0.416 e. The molecule has 0 aliphatic carbocycles. The van der Waals surface area contributed by atoms with E-state index in [4.69, 9.17) is 13.8 Å². The van der Waals surface area contributed by atoms with Crippen molar-refractivity contribution >= 4 is 35.7 Å². The maximum atomic E-state index is 13.6. The zero-order valence-corrected chi connectivity index (χ0v) is 17.3. The number of hydrogen-bond donors (Lipinski definition) is 0. The number of halogens is 3. The van der Waals surface area contributed by atoms with E-state index < -0.39 is 25.3 Å². The molecule has 162 valence electrons. The van der Waals surface area contributed by atoms with Crippen LogP contribution in [0.15, 0.2) is 24.4 Å². The molecule has 0 radical (unpaired) electrons. The number of alkyl halides is 3. The molecule has 0 fully saturated rings. The molecule has 8 nitrogen and oxygen atoms in total. The lowest BCUT2D eigenvalue weighted by Crippen LogP contribution is -2.24. The van der Waals surface area contributed by atoms with Crippen LogP contribution in [-0.4, -0.2) is 40.2 Å². The third-order valence-corrected chi connectivity index (χ3v) is 6.19. The van der Waals surface area contributed by atoms with E-state index in [0.29, 0.717) is 0 Å². The maximum Gasteiger partial charge on any atom is 0.416 e. The average Bonchev–Trinajstić information content (AvgIpc) is 3.08. The Kier molecular flexibility index (Phi) is 6.16. The van der Waals surface area contributed by atoms with Crippen LogP contribution in [0.2, 0.25) is 0 Å². The maximum absolute atomic E-state index is 13.6. The number of esters is 1. The van der Waals surface area contributed by atoms with Gasteiger partial charge in [0.05, 0.1) is 42.6 Å². The highest BCUT2D eigenvalue weighted by Gasteiger charge is 2.39. The van der Waals surface area contributed by atoms with Crippen molar-refractivity contribution in [2.24, 2.45) is 0 Å². The molecule has 12 heteroatoms. The number of fused-ring (bicyclic) bond motifs is 3. The van der Waals surface area contributed by atoms with Crippen LogP contribution >= 0.6 is 7.60 Å². The van der Waals surface area contributed by atoms with Crippen molar-refractivity contribution in [3.05, 3.63) is 35.7 Å². The Morgan fingerprint density at radius 1 is 1.13 bits per heavy atom. The summed E-state index contributed by atoms with van der Waals surface area (Å²) >= 11 is 0. The van der Waals surface area contributed by atoms with Gasteiger partial charge in [-0.05, 0) is 39.0 Å². The number of ether oxygens (including phenoxy) is 1. The van der Waals surface area contributed by atoms with Crippen molar-refractivity contribution in [3.63, 3.8) is 0 Å². The Morgan fingerprint density at radius 3 is 2.37 bits per heavy atom. The van der Waals surface area contributed by atoms with Gasteiger partial charge in [-0.15, -0.1) is 0 Å². The third kappa shape index (κ3) is 3.92. The SMILES string of the molecule is CCOC(=O)c1nc2cnc3cc(C(F)(F)F)ccc3n2c1P(=O)(OCC)OCC. The lowest BCUT2D eigenvalue weighted by molar-refractivity contribution is -0.137. The highest BCUT2D eigenvalue weighted by atomic mass is 31.2. The Bertz CT molecular complexity index is 1140. The minimum absolute atomic E-state index is 0.00594. The molecule has 0 bridgehead atoms. The summed E-state index contributed by atoms with van der Waals surface area (Å²) in [5.41, 5.74) is -1.22. The zero-order valence-electron chi connectivity index (χ0n) is 16.4. The summed E-state index contributed by atoms with van der Waals surface area (Å²) in [6, 6.07) is 2.89. The Hall–Kier alpha value is -2.49. The van der Waals surface area contributed by atoms with E-state index >= 15 is 0 Å². The standard InChI is InChI=1S/C18H19F3N3O5P/c1-4-27-17(25)15-16(30(26,28-5-2)29-6-3)24-13-8-7-11(18(19,20)21)9-12(13)22-10-14(24)23-15/h7-10H,4-6H2,1-3H3. The van der Waals surface area contributed by atoms with Crippen molar-refractivity contribution in [1.82, 2.24) is 14.4 Å². The molecule has 3 aromatic rings. The number of benzene rings is 1. The Labute approximate surface area is 169 Å². The van der Waals surface area contributed by atoms with Crippen LogP contribution in [0.4, 0.5) is 13.2 Å². The van der Waals surface area contributed by atoms with Gasteiger partial charge < -0.3 is 13.8 Å². The summed E-state index contributed by atoms with van der Waals surface area (Å²) in [5.74, 6) is -0.865. The van der Waals surface area contributed by atoms with E-state index in [1.165, 1.54) is 16.7 Å². The van der Waals surface area contributed by atoms with E-state index in [2.05, 4.69) is 9.97 Å². The topological polar surface area (TPSA) is 92.0 Å². The molecule has 0 N–H and O–H groups in total. The molecule has 0 atom stereocenters. The minimum Gasteiger partial charge on any atom is -0.461 e. The summed E-state index contributed by atoms with van der Waals surface area (Å²) in [6.07, 6.45) is -3.39. The molecule has 0 saturated carbocycles. The van der Waals surface area contributed by atoms with E-state index in [-0.39, 0.29) is 47.6 Å². The van der Waals surface area contributed by atoms with Crippen molar-refractivity contribution < 1.29 is 36.3 Å². The largest absolute Gasteiger partial charge is 0.461 e. The number of rotatable bonds is 7. The molecule has 0 saturated heterocycles. The van der Waals surface area contributed by atoms with Crippen LogP contribution in [0.25, 0.3) is 16.7 Å². The molecule has 0 amide bonds. The highest BCUT2D eigenvalue weighted by Crippen LogP contribution is 2.48. The molecule has 3 rings (SSSR count). The van der Waals surface area contributed by atoms with Crippen LogP contribution in [0.3, 0.4) is 0 Å². The fourth-order valence-electron chi connectivity index (χ4n) is 2.96. The van der Waals surface area contributed by atoms with E-state index in [9.17, 15) is 22.5 Å². The minimum atomic E-state index is -4.56. The van der Waals surface area contributed by atoms with Gasteiger partial charge >= 0.3 is 19.7 Å². The third-order valence-electron chi connectivity index (χ3n) is 4.07. The van der Waals surface area contributed by atoms with E-state index in [1.54, 1.807) is 20.8 Å². The average molecular weight is 445 g/mol. The Morgan fingerprint density at radius 2 is 1.80 bits per heavy atom. The number of carbonyl (C=O) groups is 1. The second-order valence-electron chi connectivity index (χ2n) is 5.99. The van der Waals surface area contributed by atoms with Gasteiger partial charge in [0.25, 0.3) is 0 Å². The highest BCUT2D eigenvalue weighted by molar-refractivity contribution is 7.62. The van der Waals surface area contributed by atoms with Crippen LogP contribution < -0.4 is 5.44 Å². The monoisotopic (exact) mass is 445 g/mol. The summed E-state index contributed by atoms with van der Waals surface area (Å²) < 4.78 is 69.9. The zero-order chi connectivity index (χ0) is 22.1. The molecule has 1 aromatic carbocycles. The van der Waals surface area contributed by atoms with Gasteiger partial charge in [-0.2, -0.15) is 13.2 Å². The van der Waals surface area contributed by atoms with Crippen molar-refractivity contribution in [2.75, 3.05) is 19.8 Å². The van der Waals surface area contributed by atoms with Crippen molar-refractivity contribution in [2.45, 2.75) is 26.9 Å². The summed E-state index contributed by atoms with van der Waals surface area (Å²) in [5, 5.41) is 0. The fourth-order valence-corrected chi connectivity index (χ4v) is 4.82.